The predicted octanol–water partition coefficient (Wildman–Crippen LogP) is 3.09. The number of piperazine rings is 1. The van der Waals surface area contributed by atoms with Gasteiger partial charge in [0.25, 0.3) is 0 Å². The van der Waals surface area contributed by atoms with Crippen LogP contribution in [0.25, 0.3) is 10.9 Å². The minimum atomic E-state index is -0.00839. The molecule has 0 radical (unpaired) electrons. The van der Waals surface area contributed by atoms with Crippen molar-refractivity contribution in [1.29, 1.82) is 0 Å². The molecule has 5 nitrogen and oxygen atoms in total. The zero-order valence-corrected chi connectivity index (χ0v) is 15.9. The third-order valence-corrected chi connectivity index (χ3v) is 5.33. The summed E-state index contributed by atoms with van der Waals surface area (Å²) < 4.78 is 0. The van der Waals surface area contributed by atoms with E-state index in [1.807, 2.05) is 30.5 Å². The van der Waals surface area contributed by atoms with Crippen LogP contribution in [-0.2, 0) is 17.8 Å². The first kappa shape index (κ1) is 17.9. The van der Waals surface area contributed by atoms with Crippen LogP contribution in [-0.4, -0.2) is 37.1 Å². The van der Waals surface area contributed by atoms with E-state index in [2.05, 4.69) is 38.7 Å². The molecule has 3 aromatic rings. The number of fused-ring (bicyclic) bond motifs is 1. The zero-order valence-electron chi connectivity index (χ0n) is 15.1. The second kappa shape index (κ2) is 8.03. The van der Waals surface area contributed by atoms with Crippen LogP contribution in [0.3, 0.4) is 0 Å². The number of nitrogens with one attached hydrogen (secondary N) is 3. The van der Waals surface area contributed by atoms with Gasteiger partial charge in [-0.15, -0.1) is 0 Å². The molecule has 2 aromatic carbocycles. The molecule has 2 heterocycles. The fraction of sp³-hybridized carbons (Fsp3) is 0.286. The quantitative estimate of drug-likeness (QED) is 0.635. The second-order valence-corrected chi connectivity index (χ2v) is 7.20. The first-order valence-corrected chi connectivity index (χ1v) is 9.65. The fourth-order valence-electron chi connectivity index (χ4n) is 3.65. The number of para-hydroxylation sites is 1. The average molecular weight is 383 g/mol. The van der Waals surface area contributed by atoms with Crippen molar-refractivity contribution in [2.45, 2.75) is 13.0 Å². The smallest absolute Gasteiger partial charge is 0.224 e. The van der Waals surface area contributed by atoms with Crippen molar-refractivity contribution in [3.8, 4) is 0 Å². The Morgan fingerprint density at radius 3 is 2.74 bits per heavy atom. The highest BCUT2D eigenvalue weighted by molar-refractivity contribution is 6.35. The number of anilines is 1. The number of nitrogens with zero attached hydrogens (tertiary/aromatic N) is 1. The molecule has 1 fully saturated rings. The summed E-state index contributed by atoms with van der Waals surface area (Å²) in [5, 5.41) is 8.03. The molecule has 0 unspecified atom stereocenters. The molecule has 1 aliphatic rings. The molecule has 0 saturated carbocycles. The highest BCUT2D eigenvalue weighted by Crippen LogP contribution is 2.27. The number of H-pyrrole nitrogens is 1. The Kier molecular flexibility index (Phi) is 5.32. The maximum atomic E-state index is 12.5. The van der Waals surface area contributed by atoms with Crippen LogP contribution in [0.15, 0.2) is 48.7 Å². The highest BCUT2D eigenvalue weighted by Gasteiger charge is 2.15. The van der Waals surface area contributed by atoms with E-state index in [1.54, 1.807) is 0 Å². The molecule has 6 heteroatoms. The first-order chi connectivity index (χ1) is 13.2. The standard InChI is InChI=1S/C21H23ClN4O/c22-17-5-3-6-18-21(17)16(14-24-18)12-20(27)25-13-15-4-1-2-7-19(15)26-10-8-23-9-11-26/h1-7,14,23-24H,8-13H2,(H,25,27). The van der Waals surface area contributed by atoms with E-state index < -0.39 is 0 Å². The van der Waals surface area contributed by atoms with Gasteiger partial charge in [-0.05, 0) is 29.3 Å². The Morgan fingerprint density at radius 1 is 1.07 bits per heavy atom. The van der Waals surface area contributed by atoms with Gasteiger partial charge in [-0.3, -0.25) is 4.79 Å². The molecular formula is C21H23ClN4O. The zero-order chi connectivity index (χ0) is 18.6. The van der Waals surface area contributed by atoms with E-state index in [0.29, 0.717) is 18.0 Å². The lowest BCUT2D eigenvalue weighted by atomic mass is 10.1. The van der Waals surface area contributed by atoms with Crippen LogP contribution in [0.5, 0.6) is 0 Å². The van der Waals surface area contributed by atoms with Crippen LogP contribution in [0, 0.1) is 0 Å². The summed E-state index contributed by atoms with van der Waals surface area (Å²) in [7, 11) is 0. The lowest BCUT2D eigenvalue weighted by Crippen LogP contribution is -2.44. The van der Waals surface area contributed by atoms with Gasteiger partial charge in [0.2, 0.25) is 5.91 Å². The number of halogens is 1. The van der Waals surface area contributed by atoms with Gasteiger partial charge >= 0.3 is 0 Å². The number of rotatable bonds is 5. The van der Waals surface area contributed by atoms with Crippen LogP contribution in [0.1, 0.15) is 11.1 Å². The summed E-state index contributed by atoms with van der Waals surface area (Å²) in [6.45, 7) is 4.47. The lowest BCUT2D eigenvalue weighted by molar-refractivity contribution is -0.120. The molecule has 1 aromatic heterocycles. The number of aromatic nitrogens is 1. The Balaban J connectivity index is 1.44. The number of hydrogen-bond donors (Lipinski definition) is 3. The molecule has 0 aliphatic carbocycles. The molecule has 1 saturated heterocycles. The first-order valence-electron chi connectivity index (χ1n) is 9.27. The maximum Gasteiger partial charge on any atom is 0.224 e. The summed E-state index contributed by atoms with van der Waals surface area (Å²) in [4.78, 5) is 18.1. The molecule has 1 amide bonds. The van der Waals surface area contributed by atoms with Crippen molar-refractivity contribution >= 4 is 34.1 Å². The molecule has 140 valence electrons. The van der Waals surface area contributed by atoms with Gasteiger partial charge in [0, 0.05) is 55.5 Å². The van der Waals surface area contributed by atoms with E-state index in [-0.39, 0.29) is 5.91 Å². The molecule has 4 rings (SSSR count). The average Bonchev–Trinajstić information content (AvgIpc) is 3.11. The normalized spacial score (nSPS) is 14.5. The Labute approximate surface area is 163 Å². The van der Waals surface area contributed by atoms with Crippen molar-refractivity contribution in [3.63, 3.8) is 0 Å². The molecular weight excluding hydrogens is 360 g/mol. The molecule has 0 atom stereocenters. The van der Waals surface area contributed by atoms with Gasteiger partial charge in [0.1, 0.15) is 0 Å². The third kappa shape index (κ3) is 3.94. The van der Waals surface area contributed by atoms with E-state index in [4.69, 9.17) is 11.6 Å². The van der Waals surface area contributed by atoms with Gasteiger partial charge in [-0.25, -0.2) is 0 Å². The van der Waals surface area contributed by atoms with Gasteiger partial charge < -0.3 is 20.5 Å². The summed E-state index contributed by atoms with van der Waals surface area (Å²) in [5.74, 6) is -0.00839. The highest BCUT2D eigenvalue weighted by atomic mass is 35.5. The number of benzene rings is 2. The summed E-state index contributed by atoms with van der Waals surface area (Å²) in [6, 6.07) is 14.0. The third-order valence-electron chi connectivity index (χ3n) is 5.01. The maximum absolute atomic E-state index is 12.5. The summed E-state index contributed by atoms with van der Waals surface area (Å²) >= 11 is 6.30. The molecule has 27 heavy (non-hydrogen) atoms. The SMILES string of the molecule is O=C(Cc1c[nH]c2cccc(Cl)c12)NCc1ccccc1N1CCNCC1. The van der Waals surface area contributed by atoms with E-state index in [9.17, 15) is 4.79 Å². The number of hydrogen-bond acceptors (Lipinski definition) is 3. The van der Waals surface area contributed by atoms with Crippen LogP contribution < -0.4 is 15.5 Å². The second-order valence-electron chi connectivity index (χ2n) is 6.80. The lowest BCUT2D eigenvalue weighted by Gasteiger charge is -2.31. The minimum Gasteiger partial charge on any atom is -0.369 e. The topological polar surface area (TPSA) is 60.2 Å². The molecule has 0 bridgehead atoms. The van der Waals surface area contributed by atoms with E-state index in [1.165, 1.54) is 5.69 Å². The number of carbonyl (C=O) groups is 1. The summed E-state index contributed by atoms with van der Waals surface area (Å²) in [6.07, 6.45) is 2.17. The van der Waals surface area contributed by atoms with Crippen molar-refractivity contribution in [1.82, 2.24) is 15.6 Å². The van der Waals surface area contributed by atoms with Crippen LogP contribution in [0.4, 0.5) is 5.69 Å². The Morgan fingerprint density at radius 2 is 1.89 bits per heavy atom. The fourth-order valence-corrected chi connectivity index (χ4v) is 3.95. The summed E-state index contributed by atoms with van der Waals surface area (Å²) in [5.41, 5.74) is 4.22. The van der Waals surface area contributed by atoms with Gasteiger partial charge in [0.05, 0.1) is 11.4 Å². The monoisotopic (exact) mass is 382 g/mol. The van der Waals surface area contributed by atoms with Crippen molar-refractivity contribution in [2.24, 2.45) is 0 Å². The molecule has 1 aliphatic heterocycles. The minimum absolute atomic E-state index is 0.00839. The van der Waals surface area contributed by atoms with Gasteiger partial charge in [0.15, 0.2) is 0 Å². The Bertz CT molecular complexity index is 946. The van der Waals surface area contributed by atoms with Gasteiger partial charge in [-0.1, -0.05) is 35.9 Å². The number of aromatic amines is 1. The van der Waals surface area contributed by atoms with Crippen molar-refractivity contribution in [2.75, 3.05) is 31.1 Å². The molecule has 0 spiro atoms. The predicted molar refractivity (Wildman–Crippen MR) is 110 cm³/mol. The largest absolute Gasteiger partial charge is 0.369 e. The Hall–Kier alpha value is -2.50. The van der Waals surface area contributed by atoms with Crippen LogP contribution in [0.2, 0.25) is 5.02 Å². The number of amides is 1. The van der Waals surface area contributed by atoms with E-state index >= 15 is 0 Å². The van der Waals surface area contributed by atoms with Crippen molar-refractivity contribution in [3.05, 3.63) is 64.8 Å². The van der Waals surface area contributed by atoms with Gasteiger partial charge in [-0.2, -0.15) is 0 Å². The number of carbonyl (C=O) groups excluding carboxylic acids is 1. The van der Waals surface area contributed by atoms with Crippen LogP contribution >= 0.6 is 11.6 Å². The van der Waals surface area contributed by atoms with Crippen molar-refractivity contribution < 1.29 is 4.79 Å². The molecule has 3 N–H and O–H groups in total. The van der Waals surface area contributed by atoms with E-state index in [0.717, 1.165) is 48.2 Å².